The number of carboxylic acid groups (broad SMARTS) is 1. The van der Waals surface area contributed by atoms with Crippen molar-refractivity contribution in [3.05, 3.63) is 41.5 Å². The van der Waals surface area contributed by atoms with E-state index in [1.807, 2.05) is 12.1 Å². The highest BCUT2D eigenvalue weighted by atomic mass is 16.4. The second kappa shape index (κ2) is 6.55. The van der Waals surface area contributed by atoms with Crippen LogP contribution in [0.1, 0.15) is 56.1 Å². The van der Waals surface area contributed by atoms with E-state index in [9.17, 15) is 4.79 Å². The molecule has 1 aromatic carbocycles. The zero-order valence-electron chi connectivity index (χ0n) is 11.5. The molecule has 0 saturated heterocycles. The lowest BCUT2D eigenvalue weighted by Gasteiger charge is -2.28. The summed E-state index contributed by atoms with van der Waals surface area (Å²) < 4.78 is 0. The quantitative estimate of drug-likeness (QED) is 0.809. The smallest absolute Gasteiger partial charge is 0.328 e. The number of carboxylic acids is 1. The molecule has 0 atom stereocenters. The topological polar surface area (TPSA) is 37.3 Å². The van der Waals surface area contributed by atoms with Crippen LogP contribution in [0.4, 0.5) is 0 Å². The average molecular weight is 258 g/mol. The Hall–Kier alpha value is -1.57. The van der Waals surface area contributed by atoms with Crippen molar-refractivity contribution in [3.63, 3.8) is 0 Å². The lowest BCUT2D eigenvalue weighted by molar-refractivity contribution is -0.131. The number of rotatable bonds is 4. The van der Waals surface area contributed by atoms with Gasteiger partial charge >= 0.3 is 5.97 Å². The predicted octanol–water partition coefficient (Wildman–Crippen LogP) is 4.47. The van der Waals surface area contributed by atoms with Gasteiger partial charge in [-0.1, -0.05) is 37.6 Å². The number of hydrogen-bond acceptors (Lipinski definition) is 1. The summed E-state index contributed by atoms with van der Waals surface area (Å²) in [6.45, 7) is 2.29. The summed E-state index contributed by atoms with van der Waals surface area (Å²) in [5.74, 6) is 0.719. The molecule has 1 aliphatic carbocycles. The molecule has 0 spiro atoms. The van der Waals surface area contributed by atoms with Crippen molar-refractivity contribution >= 4 is 12.0 Å². The SMILES string of the molecule is CCC1CCC(c2ccc(/C=C/C(=O)O)cc2)CC1. The normalized spacial score (nSPS) is 23.6. The molecule has 0 aromatic heterocycles. The van der Waals surface area contributed by atoms with Gasteiger partial charge in [0, 0.05) is 6.08 Å². The van der Waals surface area contributed by atoms with Gasteiger partial charge in [-0.25, -0.2) is 4.79 Å². The minimum Gasteiger partial charge on any atom is -0.478 e. The number of carbonyl (C=O) groups is 1. The van der Waals surface area contributed by atoms with Crippen molar-refractivity contribution in [2.75, 3.05) is 0 Å². The summed E-state index contributed by atoms with van der Waals surface area (Å²) >= 11 is 0. The van der Waals surface area contributed by atoms with Crippen molar-refractivity contribution in [2.45, 2.75) is 44.9 Å². The molecule has 2 rings (SSSR count). The lowest BCUT2D eigenvalue weighted by Crippen LogP contribution is -2.12. The van der Waals surface area contributed by atoms with Gasteiger partial charge in [0.05, 0.1) is 0 Å². The van der Waals surface area contributed by atoms with E-state index in [-0.39, 0.29) is 0 Å². The van der Waals surface area contributed by atoms with Gasteiger partial charge in [0.15, 0.2) is 0 Å². The summed E-state index contributed by atoms with van der Waals surface area (Å²) in [6.07, 6.45) is 9.42. The van der Waals surface area contributed by atoms with Crippen LogP contribution >= 0.6 is 0 Å². The van der Waals surface area contributed by atoms with Crippen LogP contribution < -0.4 is 0 Å². The van der Waals surface area contributed by atoms with Gasteiger partial charge in [0.25, 0.3) is 0 Å². The van der Waals surface area contributed by atoms with Gasteiger partial charge in [-0.3, -0.25) is 0 Å². The minimum absolute atomic E-state index is 0.695. The van der Waals surface area contributed by atoms with Crippen molar-refractivity contribution in [1.29, 1.82) is 0 Å². The van der Waals surface area contributed by atoms with E-state index in [0.29, 0.717) is 5.92 Å². The van der Waals surface area contributed by atoms with Crippen LogP contribution in [0.15, 0.2) is 30.3 Å². The van der Waals surface area contributed by atoms with Crippen LogP contribution in [-0.4, -0.2) is 11.1 Å². The van der Waals surface area contributed by atoms with E-state index in [4.69, 9.17) is 5.11 Å². The van der Waals surface area contributed by atoms with E-state index in [2.05, 4.69) is 19.1 Å². The first-order chi connectivity index (χ1) is 9.19. The molecule has 1 fully saturated rings. The molecule has 1 saturated carbocycles. The monoisotopic (exact) mass is 258 g/mol. The highest BCUT2D eigenvalue weighted by Crippen LogP contribution is 2.36. The van der Waals surface area contributed by atoms with Crippen LogP contribution in [0.5, 0.6) is 0 Å². The Labute approximate surface area is 115 Å². The van der Waals surface area contributed by atoms with E-state index in [1.54, 1.807) is 6.08 Å². The van der Waals surface area contributed by atoms with Crippen LogP contribution in [0.3, 0.4) is 0 Å². The van der Waals surface area contributed by atoms with E-state index in [0.717, 1.165) is 11.5 Å². The van der Waals surface area contributed by atoms with Gasteiger partial charge < -0.3 is 5.11 Å². The van der Waals surface area contributed by atoms with Crippen LogP contribution in [-0.2, 0) is 4.79 Å². The second-order valence-electron chi connectivity index (χ2n) is 5.46. The van der Waals surface area contributed by atoms with Crippen LogP contribution in [0.2, 0.25) is 0 Å². The molecule has 2 nitrogen and oxygen atoms in total. The van der Waals surface area contributed by atoms with Gasteiger partial charge in [-0.05, 0) is 54.7 Å². The molecule has 1 N–H and O–H groups in total. The Morgan fingerprint density at radius 2 is 1.84 bits per heavy atom. The lowest BCUT2D eigenvalue weighted by atomic mass is 9.78. The standard InChI is InChI=1S/C17H22O2/c1-2-13-3-8-15(9-4-13)16-10-5-14(6-11-16)7-12-17(18)19/h5-7,10-13,15H,2-4,8-9H2,1H3,(H,18,19)/b12-7+. The minimum atomic E-state index is -0.901. The van der Waals surface area contributed by atoms with Crippen LogP contribution in [0.25, 0.3) is 6.08 Å². The second-order valence-corrected chi connectivity index (χ2v) is 5.46. The molecular weight excluding hydrogens is 236 g/mol. The number of hydrogen-bond donors (Lipinski definition) is 1. The van der Waals surface area contributed by atoms with Crippen molar-refractivity contribution in [1.82, 2.24) is 0 Å². The Balaban J connectivity index is 1.97. The molecular formula is C17H22O2. The third-order valence-electron chi connectivity index (χ3n) is 4.25. The highest BCUT2D eigenvalue weighted by molar-refractivity contribution is 5.85. The van der Waals surface area contributed by atoms with Crippen LogP contribution in [0, 0.1) is 5.92 Å². The van der Waals surface area contributed by atoms with Crippen molar-refractivity contribution in [3.8, 4) is 0 Å². The van der Waals surface area contributed by atoms with E-state index < -0.39 is 5.97 Å². The van der Waals surface area contributed by atoms with Crippen molar-refractivity contribution in [2.24, 2.45) is 5.92 Å². The van der Waals surface area contributed by atoms with Gasteiger partial charge in [-0.2, -0.15) is 0 Å². The molecule has 0 aliphatic heterocycles. The first-order valence-electron chi connectivity index (χ1n) is 7.20. The molecule has 0 amide bonds. The van der Waals surface area contributed by atoms with Crippen molar-refractivity contribution < 1.29 is 9.90 Å². The number of aliphatic carboxylic acids is 1. The molecule has 19 heavy (non-hydrogen) atoms. The number of benzene rings is 1. The summed E-state index contributed by atoms with van der Waals surface area (Å²) in [6, 6.07) is 8.33. The predicted molar refractivity (Wildman–Crippen MR) is 78.1 cm³/mol. The molecule has 0 bridgehead atoms. The summed E-state index contributed by atoms with van der Waals surface area (Å²) in [5.41, 5.74) is 2.36. The molecule has 0 radical (unpaired) electrons. The maximum atomic E-state index is 10.5. The molecule has 1 aliphatic rings. The molecule has 0 heterocycles. The Kier molecular flexibility index (Phi) is 4.78. The summed E-state index contributed by atoms with van der Waals surface area (Å²) in [7, 11) is 0. The third-order valence-corrected chi connectivity index (χ3v) is 4.25. The fourth-order valence-corrected chi connectivity index (χ4v) is 2.95. The first-order valence-corrected chi connectivity index (χ1v) is 7.20. The highest BCUT2D eigenvalue weighted by Gasteiger charge is 2.20. The Bertz CT molecular complexity index is 437. The largest absolute Gasteiger partial charge is 0.478 e. The van der Waals surface area contributed by atoms with E-state index in [1.165, 1.54) is 43.7 Å². The average Bonchev–Trinajstić information content (AvgIpc) is 2.46. The first kappa shape index (κ1) is 13.9. The van der Waals surface area contributed by atoms with Gasteiger partial charge in [0.1, 0.15) is 0 Å². The maximum Gasteiger partial charge on any atom is 0.328 e. The molecule has 0 unspecified atom stereocenters. The van der Waals surface area contributed by atoms with Gasteiger partial charge in [-0.15, -0.1) is 0 Å². The zero-order valence-corrected chi connectivity index (χ0v) is 11.5. The Morgan fingerprint density at radius 3 is 2.37 bits per heavy atom. The zero-order chi connectivity index (χ0) is 13.7. The summed E-state index contributed by atoms with van der Waals surface area (Å²) in [5, 5.41) is 8.59. The fraction of sp³-hybridized carbons (Fsp3) is 0.471. The summed E-state index contributed by atoms with van der Waals surface area (Å²) in [4.78, 5) is 10.5. The maximum absolute atomic E-state index is 10.5. The fourth-order valence-electron chi connectivity index (χ4n) is 2.95. The molecule has 102 valence electrons. The van der Waals surface area contributed by atoms with E-state index >= 15 is 0 Å². The Morgan fingerprint density at radius 1 is 1.21 bits per heavy atom. The van der Waals surface area contributed by atoms with Gasteiger partial charge in [0.2, 0.25) is 0 Å². The third kappa shape index (κ3) is 3.95. The molecule has 2 heteroatoms. The molecule has 1 aromatic rings.